The second kappa shape index (κ2) is 13.0. The first-order chi connectivity index (χ1) is 13.7. The number of guanidine groups is 1. The summed E-state index contributed by atoms with van der Waals surface area (Å²) in [4.78, 5) is 13.8. The van der Waals surface area contributed by atoms with Crippen LogP contribution >= 0.6 is 35.3 Å². The number of aryl methyl sites for hydroxylation is 1. The smallest absolute Gasteiger partial charge is 0.190 e. The highest BCUT2D eigenvalue weighted by atomic mass is 127. The number of aromatic nitrogens is 1. The van der Waals surface area contributed by atoms with Gasteiger partial charge in [0.1, 0.15) is 0 Å². The molecule has 1 saturated heterocycles. The molecule has 6 nitrogen and oxygen atoms in total. The first kappa shape index (κ1) is 23.9. The molecule has 2 N–H and O–H groups in total. The predicted octanol–water partition coefficient (Wildman–Crippen LogP) is 2.99. The summed E-state index contributed by atoms with van der Waals surface area (Å²) in [7, 11) is 1.82. The lowest BCUT2D eigenvalue weighted by Crippen LogP contribution is -2.47. The number of rotatable bonds is 8. The quantitative estimate of drug-likeness (QED) is 0.239. The molecule has 1 aromatic heterocycles. The molecule has 1 fully saturated rings. The van der Waals surface area contributed by atoms with Crippen molar-refractivity contribution in [1.82, 2.24) is 20.5 Å². The van der Waals surface area contributed by atoms with Crippen molar-refractivity contribution in [1.29, 1.82) is 0 Å². The molecule has 2 heterocycles. The minimum Gasteiger partial charge on any atom is -0.369 e. The lowest BCUT2D eigenvalue weighted by molar-refractivity contribution is 0.255. The fourth-order valence-corrected chi connectivity index (χ4v) is 4.08. The highest BCUT2D eigenvalue weighted by Crippen LogP contribution is 2.15. The first-order valence-electron chi connectivity index (χ1n) is 10.1. The number of anilines is 1. The average Bonchev–Trinajstić information content (AvgIpc) is 3.16. The highest BCUT2D eigenvalue weighted by Gasteiger charge is 2.16. The highest BCUT2D eigenvalue weighted by molar-refractivity contribution is 14.0. The van der Waals surface area contributed by atoms with E-state index in [1.165, 1.54) is 5.69 Å². The maximum absolute atomic E-state index is 4.49. The molecule has 0 saturated carbocycles. The summed E-state index contributed by atoms with van der Waals surface area (Å²) in [6.45, 7) is 9.45. The molecule has 3 rings (SSSR count). The SMILES string of the molecule is CN=C(NCCCN1CCN(c2ccccc2)CC1)NCCc1csc(C)n1.I. The number of aliphatic imine (C=N–C) groups is 1. The Morgan fingerprint density at radius 3 is 2.48 bits per heavy atom. The van der Waals surface area contributed by atoms with Crippen LogP contribution in [0.25, 0.3) is 0 Å². The molecule has 0 amide bonds. The molecule has 1 aliphatic heterocycles. The first-order valence-corrected chi connectivity index (χ1v) is 11.0. The molecule has 0 atom stereocenters. The van der Waals surface area contributed by atoms with Crippen LogP contribution in [-0.2, 0) is 6.42 Å². The second-order valence-corrected chi connectivity index (χ2v) is 8.11. The van der Waals surface area contributed by atoms with Crippen LogP contribution in [-0.4, -0.2) is 68.7 Å². The molecular weight excluding hydrogens is 495 g/mol. The molecule has 1 aromatic carbocycles. The molecule has 29 heavy (non-hydrogen) atoms. The molecule has 0 spiro atoms. The van der Waals surface area contributed by atoms with Crippen molar-refractivity contribution in [3.8, 4) is 0 Å². The molecule has 0 bridgehead atoms. The summed E-state index contributed by atoms with van der Waals surface area (Å²) in [5.41, 5.74) is 2.49. The van der Waals surface area contributed by atoms with E-state index in [0.717, 1.165) is 75.3 Å². The Labute approximate surface area is 195 Å². The van der Waals surface area contributed by atoms with Crippen LogP contribution < -0.4 is 15.5 Å². The number of nitrogens with zero attached hydrogens (tertiary/aromatic N) is 4. The molecular formula is C21H33IN6S. The zero-order valence-corrected chi connectivity index (χ0v) is 20.6. The van der Waals surface area contributed by atoms with Crippen LogP contribution in [0, 0.1) is 6.92 Å². The average molecular weight is 529 g/mol. The fraction of sp³-hybridized carbons (Fsp3) is 0.524. The maximum atomic E-state index is 4.49. The summed E-state index contributed by atoms with van der Waals surface area (Å²) in [5, 5.41) is 10.0. The Morgan fingerprint density at radius 1 is 1.10 bits per heavy atom. The lowest BCUT2D eigenvalue weighted by atomic mass is 10.2. The van der Waals surface area contributed by atoms with Gasteiger partial charge < -0.3 is 15.5 Å². The van der Waals surface area contributed by atoms with Gasteiger partial charge >= 0.3 is 0 Å². The van der Waals surface area contributed by atoms with E-state index < -0.39 is 0 Å². The third-order valence-corrected chi connectivity index (χ3v) is 5.82. The molecule has 8 heteroatoms. The van der Waals surface area contributed by atoms with Gasteiger partial charge in [-0.25, -0.2) is 4.98 Å². The van der Waals surface area contributed by atoms with E-state index in [1.807, 2.05) is 14.0 Å². The van der Waals surface area contributed by atoms with Crippen molar-refractivity contribution in [2.45, 2.75) is 19.8 Å². The minimum atomic E-state index is 0. The van der Waals surface area contributed by atoms with Crippen LogP contribution in [0.4, 0.5) is 5.69 Å². The van der Waals surface area contributed by atoms with Gasteiger partial charge in [0, 0.05) is 63.8 Å². The Balaban J connectivity index is 0.00000300. The standard InChI is InChI=1S/C21H32N6S.HI/c1-18-25-19(17-28-18)9-11-24-21(22-2)23-10-6-12-26-13-15-27(16-14-26)20-7-4-3-5-8-20;/h3-5,7-8,17H,6,9-16H2,1-2H3,(H2,22,23,24);1H. The largest absolute Gasteiger partial charge is 0.369 e. The van der Waals surface area contributed by atoms with E-state index in [9.17, 15) is 0 Å². The lowest BCUT2D eigenvalue weighted by Gasteiger charge is -2.36. The topological polar surface area (TPSA) is 55.8 Å². The molecule has 0 radical (unpaired) electrons. The van der Waals surface area contributed by atoms with E-state index >= 15 is 0 Å². The number of para-hydroxylation sites is 1. The zero-order valence-electron chi connectivity index (χ0n) is 17.4. The Morgan fingerprint density at radius 2 is 1.83 bits per heavy atom. The van der Waals surface area contributed by atoms with Crippen LogP contribution in [0.3, 0.4) is 0 Å². The van der Waals surface area contributed by atoms with Crippen molar-refractivity contribution in [3.05, 3.63) is 46.4 Å². The normalized spacial score (nSPS) is 15.1. The number of hydrogen-bond donors (Lipinski definition) is 2. The van der Waals surface area contributed by atoms with Gasteiger partial charge in [-0.1, -0.05) is 18.2 Å². The van der Waals surface area contributed by atoms with Crippen LogP contribution in [0.15, 0.2) is 40.7 Å². The van der Waals surface area contributed by atoms with E-state index in [1.54, 1.807) is 11.3 Å². The number of nitrogens with one attached hydrogen (secondary N) is 2. The van der Waals surface area contributed by atoms with E-state index in [2.05, 4.69) is 66.1 Å². The third kappa shape index (κ3) is 8.10. The molecule has 160 valence electrons. The summed E-state index contributed by atoms with van der Waals surface area (Å²) in [6.07, 6.45) is 2.05. The maximum Gasteiger partial charge on any atom is 0.190 e. The number of hydrogen-bond acceptors (Lipinski definition) is 5. The molecule has 0 aliphatic carbocycles. The number of benzene rings is 1. The molecule has 1 aliphatic rings. The summed E-state index contributed by atoms with van der Waals surface area (Å²) < 4.78 is 0. The second-order valence-electron chi connectivity index (χ2n) is 7.05. The van der Waals surface area contributed by atoms with Gasteiger partial charge in [-0.15, -0.1) is 35.3 Å². The van der Waals surface area contributed by atoms with E-state index in [4.69, 9.17) is 0 Å². The van der Waals surface area contributed by atoms with Gasteiger partial charge in [-0.2, -0.15) is 0 Å². The summed E-state index contributed by atoms with van der Waals surface area (Å²) in [5.74, 6) is 0.876. The van der Waals surface area contributed by atoms with Crippen molar-refractivity contribution in [2.75, 3.05) is 57.8 Å². The fourth-order valence-electron chi connectivity index (χ4n) is 3.43. The van der Waals surface area contributed by atoms with Gasteiger partial charge in [0.05, 0.1) is 10.7 Å². The number of halogens is 1. The van der Waals surface area contributed by atoms with Gasteiger partial charge in [-0.3, -0.25) is 9.89 Å². The van der Waals surface area contributed by atoms with Crippen molar-refractivity contribution >= 4 is 47.0 Å². The summed E-state index contributed by atoms with van der Waals surface area (Å²) >= 11 is 1.71. The van der Waals surface area contributed by atoms with Gasteiger partial charge in [0.25, 0.3) is 0 Å². The van der Waals surface area contributed by atoms with Crippen LogP contribution in [0.5, 0.6) is 0 Å². The third-order valence-electron chi connectivity index (χ3n) is 5.00. The van der Waals surface area contributed by atoms with Crippen molar-refractivity contribution in [3.63, 3.8) is 0 Å². The van der Waals surface area contributed by atoms with Crippen molar-refractivity contribution < 1.29 is 0 Å². The van der Waals surface area contributed by atoms with E-state index in [0.29, 0.717) is 0 Å². The molecule has 2 aromatic rings. The van der Waals surface area contributed by atoms with Gasteiger partial charge in [0.15, 0.2) is 5.96 Å². The molecule has 0 unspecified atom stereocenters. The monoisotopic (exact) mass is 528 g/mol. The van der Waals surface area contributed by atoms with Gasteiger partial charge in [0.2, 0.25) is 0 Å². The summed E-state index contributed by atoms with van der Waals surface area (Å²) in [6, 6.07) is 10.7. The Kier molecular flexibility index (Phi) is 10.7. The van der Waals surface area contributed by atoms with Gasteiger partial charge in [-0.05, 0) is 32.0 Å². The predicted molar refractivity (Wildman–Crippen MR) is 135 cm³/mol. The van der Waals surface area contributed by atoms with Crippen molar-refractivity contribution in [2.24, 2.45) is 4.99 Å². The van der Waals surface area contributed by atoms with E-state index in [-0.39, 0.29) is 24.0 Å². The zero-order chi connectivity index (χ0) is 19.6. The Hall–Kier alpha value is -1.39. The Bertz CT molecular complexity index is 728. The number of piperazine rings is 1. The number of thiazole rings is 1. The van der Waals surface area contributed by atoms with Crippen LogP contribution in [0.1, 0.15) is 17.1 Å². The van der Waals surface area contributed by atoms with Crippen LogP contribution in [0.2, 0.25) is 0 Å². The minimum absolute atomic E-state index is 0.